The number of nitrogens with zero attached hydrogens (tertiary/aromatic N) is 2. The Labute approximate surface area is 155 Å². The highest BCUT2D eigenvalue weighted by Gasteiger charge is 2.17. The third-order valence-electron chi connectivity index (χ3n) is 3.25. The second-order valence-corrected chi connectivity index (χ2v) is 6.68. The molecule has 0 aliphatic heterocycles. The highest BCUT2D eigenvalue weighted by Crippen LogP contribution is 2.30. The van der Waals surface area contributed by atoms with E-state index in [-0.39, 0.29) is 18.5 Å². The van der Waals surface area contributed by atoms with Crippen LogP contribution in [0.2, 0.25) is 10.0 Å². The monoisotopic (exact) mass is 388 g/mol. The third-order valence-corrected chi connectivity index (χ3v) is 4.66. The van der Waals surface area contributed by atoms with Gasteiger partial charge >= 0.3 is 0 Å². The van der Waals surface area contributed by atoms with E-state index in [0.717, 1.165) is 5.56 Å². The Morgan fingerprint density at radius 2 is 2.13 bits per heavy atom. The third kappa shape index (κ3) is 4.96. The largest absolute Gasteiger partial charge is 0.366 e. The van der Waals surface area contributed by atoms with Crippen LogP contribution >= 0.6 is 46.9 Å². The number of rotatable bonds is 6. The molecule has 1 atom stereocenters. The number of thiophene rings is 1. The summed E-state index contributed by atoms with van der Waals surface area (Å²) in [7, 11) is 0. The summed E-state index contributed by atoms with van der Waals surface area (Å²) >= 11 is 14.0. The summed E-state index contributed by atoms with van der Waals surface area (Å²) in [5.41, 5.74) is 0.927. The van der Waals surface area contributed by atoms with Crippen molar-refractivity contribution in [1.29, 1.82) is 0 Å². The van der Waals surface area contributed by atoms with Crippen LogP contribution in [-0.4, -0.2) is 9.55 Å². The molecule has 0 saturated carbocycles. The molecule has 122 valence electrons. The molecule has 0 amide bonds. The van der Waals surface area contributed by atoms with Crippen molar-refractivity contribution < 1.29 is 4.74 Å². The molecule has 2 aromatic heterocycles. The van der Waals surface area contributed by atoms with Crippen molar-refractivity contribution >= 4 is 46.9 Å². The zero-order valence-corrected chi connectivity index (χ0v) is 15.2. The fraction of sp³-hybridized carbons (Fsp3) is 0.188. The predicted molar refractivity (Wildman–Crippen MR) is 97.8 cm³/mol. The van der Waals surface area contributed by atoms with Crippen LogP contribution in [-0.2, 0) is 17.9 Å². The number of halogens is 3. The zero-order chi connectivity index (χ0) is 15.4. The number of benzene rings is 1. The lowest BCUT2D eigenvalue weighted by molar-refractivity contribution is 0.0295. The lowest BCUT2D eigenvalue weighted by Crippen LogP contribution is -2.12. The van der Waals surface area contributed by atoms with Gasteiger partial charge in [0.25, 0.3) is 0 Å². The standard InChI is InChI=1S/C16H14Cl2N2OS.ClH/c17-12-3-4-14(15(18)8-12)16(9-20-6-5-19-11-20)21-10-13-2-1-7-22-13;/h1-8,11,16H,9-10H2;1H. The van der Waals surface area contributed by atoms with Crippen LogP contribution in [0.25, 0.3) is 0 Å². The number of ether oxygens (including phenoxy) is 1. The Morgan fingerprint density at radius 1 is 1.26 bits per heavy atom. The maximum absolute atomic E-state index is 6.34. The summed E-state index contributed by atoms with van der Waals surface area (Å²) in [6.45, 7) is 1.20. The van der Waals surface area contributed by atoms with Crippen LogP contribution < -0.4 is 0 Å². The second kappa shape index (κ2) is 8.71. The average Bonchev–Trinajstić information content (AvgIpc) is 3.17. The molecule has 0 spiro atoms. The summed E-state index contributed by atoms with van der Waals surface area (Å²) in [6.07, 6.45) is 5.26. The lowest BCUT2D eigenvalue weighted by Gasteiger charge is -2.20. The first-order valence-corrected chi connectivity index (χ1v) is 8.40. The van der Waals surface area contributed by atoms with Gasteiger partial charge < -0.3 is 9.30 Å². The fourth-order valence-electron chi connectivity index (χ4n) is 2.17. The van der Waals surface area contributed by atoms with Crippen LogP contribution in [0.15, 0.2) is 54.4 Å². The van der Waals surface area contributed by atoms with E-state index in [0.29, 0.717) is 23.2 Å². The molecule has 0 radical (unpaired) electrons. The maximum atomic E-state index is 6.34. The number of aromatic nitrogens is 2. The maximum Gasteiger partial charge on any atom is 0.102 e. The number of hydrogen-bond donors (Lipinski definition) is 0. The van der Waals surface area contributed by atoms with E-state index in [1.807, 2.05) is 34.3 Å². The predicted octanol–water partition coefficient (Wildman–Crippen LogP) is 5.63. The molecule has 0 aliphatic rings. The summed E-state index contributed by atoms with van der Waals surface area (Å²) < 4.78 is 8.08. The van der Waals surface area contributed by atoms with Crippen molar-refractivity contribution in [2.24, 2.45) is 0 Å². The molecule has 2 heterocycles. The van der Waals surface area contributed by atoms with Gasteiger partial charge in [-0.3, -0.25) is 0 Å². The lowest BCUT2D eigenvalue weighted by atomic mass is 10.1. The van der Waals surface area contributed by atoms with Gasteiger partial charge in [-0.05, 0) is 23.6 Å². The molecule has 1 unspecified atom stereocenters. The first-order chi connectivity index (χ1) is 10.7. The molecule has 3 rings (SSSR count). The zero-order valence-electron chi connectivity index (χ0n) is 12.1. The van der Waals surface area contributed by atoms with Crippen LogP contribution in [0.3, 0.4) is 0 Å². The second-order valence-electron chi connectivity index (χ2n) is 4.80. The van der Waals surface area contributed by atoms with Gasteiger partial charge in [0.2, 0.25) is 0 Å². The van der Waals surface area contributed by atoms with E-state index in [4.69, 9.17) is 27.9 Å². The van der Waals surface area contributed by atoms with Crippen LogP contribution in [0.4, 0.5) is 0 Å². The number of imidazole rings is 1. The molecule has 23 heavy (non-hydrogen) atoms. The topological polar surface area (TPSA) is 27.1 Å². The molecule has 0 aliphatic carbocycles. The minimum atomic E-state index is -0.166. The Bertz CT molecular complexity index is 717. The van der Waals surface area contributed by atoms with Gasteiger partial charge in [-0.15, -0.1) is 23.7 Å². The van der Waals surface area contributed by atoms with Crippen molar-refractivity contribution in [2.45, 2.75) is 19.3 Å². The summed E-state index contributed by atoms with van der Waals surface area (Å²) in [4.78, 5) is 5.25. The molecule has 7 heteroatoms. The quantitative estimate of drug-likeness (QED) is 0.546. The molecule has 3 nitrogen and oxygen atoms in total. The first-order valence-electron chi connectivity index (χ1n) is 6.77. The van der Waals surface area contributed by atoms with Gasteiger partial charge in [0.1, 0.15) is 6.10 Å². The molecule has 0 bridgehead atoms. The van der Waals surface area contributed by atoms with Gasteiger partial charge in [0.15, 0.2) is 0 Å². The van der Waals surface area contributed by atoms with Gasteiger partial charge in [-0.25, -0.2) is 4.98 Å². The van der Waals surface area contributed by atoms with Gasteiger partial charge in [0, 0.05) is 32.9 Å². The molecular formula is C16H15Cl3N2OS. The van der Waals surface area contributed by atoms with Crippen molar-refractivity contribution in [3.63, 3.8) is 0 Å². The smallest absolute Gasteiger partial charge is 0.102 e. The molecular weight excluding hydrogens is 375 g/mol. The highest BCUT2D eigenvalue weighted by molar-refractivity contribution is 7.09. The Kier molecular flexibility index (Phi) is 6.93. The normalized spacial score (nSPS) is 11.9. The van der Waals surface area contributed by atoms with Crippen LogP contribution in [0.1, 0.15) is 16.5 Å². The fourth-order valence-corrected chi connectivity index (χ4v) is 3.32. The van der Waals surface area contributed by atoms with Crippen molar-refractivity contribution in [3.8, 4) is 0 Å². The summed E-state index contributed by atoms with van der Waals surface area (Å²) in [5, 5.41) is 3.27. The minimum absolute atomic E-state index is 0. The average molecular weight is 390 g/mol. The molecule has 3 aromatic rings. The van der Waals surface area contributed by atoms with Gasteiger partial charge in [0.05, 0.1) is 19.5 Å². The van der Waals surface area contributed by atoms with Crippen LogP contribution in [0, 0.1) is 0 Å². The van der Waals surface area contributed by atoms with Gasteiger partial charge in [-0.1, -0.05) is 35.3 Å². The SMILES string of the molecule is Cl.Clc1ccc(C(Cn2ccnc2)OCc2cccs2)c(Cl)c1. The van der Waals surface area contributed by atoms with Gasteiger partial charge in [-0.2, -0.15) is 0 Å². The van der Waals surface area contributed by atoms with E-state index in [2.05, 4.69) is 11.1 Å². The van der Waals surface area contributed by atoms with Crippen molar-refractivity contribution in [1.82, 2.24) is 9.55 Å². The molecule has 0 N–H and O–H groups in total. The molecule has 1 aromatic carbocycles. The van der Waals surface area contributed by atoms with E-state index in [9.17, 15) is 0 Å². The summed E-state index contributed by atoms with van der Waals surface area (Å²) in [5.74, 6) is 0. The van der Waals surface area contributed by atoms with Crippen LogP contribution in [0.5, 0.6) is 0 Å². The van der Waals surface area contributed by atoms with E-state index < -0.39 is 0 Å². The van der Waals surface area contributed by atoms with Crippen molar-refractivity contribution in [3.05, 3.63) is 74.9 Å². The minimum Gasteiger partial charge on any atom is -0.366 e. The molecule has 0 saturated heterocycles. The Balaban J connectivity index is 0.00000192. The number of hydrogen-bond acceptors (Lipinski definition) is 3. The highest BCUT2D eigenvalue weighted by atomic mass is 35.5. The Hall–Kier alpha value is -1.04. The first kappa shape index (κ1) is 18.3. The Morgan fingerprint density at radius 3 is 2.78 bits per heavy atom. The molecule has 0 fully saturated rings. The summed E-state index contributed by atoms with van der Waals surface area (Å²) in [6, 6.07) is 9.57. The van der Waals surface area contributed by atoms with E-state index in [1.54, 1.807) is 29.9 Å². The van der Waals surface area contributed by atoms with Crippen molar-refractivity contribution in [2.75, 3.05) is 0 Å². The van der Waals surface area contributed by atoms with E-state index >= 15 is 0 Å². The van der Waals surface area contributed by atoms with E-state index in [1.165, 1.54) is 4.88 Å².